The van der Waals surface area contributed by atoms with Gasteiger partial charge in [0, 0.05) is 12.0 Å². The highest BCUT2D eigenvalue weighted by Gasteiger charge is 2.25. The molecule has 0 aliphatic carbocycles. The molecule has 0 unspecified atom stereocenters. The van der Waals surface area contributed by atoms with Gasteiger partial charge >= 0.3 is 0 Å². The van der Waals surface area contributed by atoms with E-state index in [0.29, 0.717) is 17.7 Å². The van der Waals surface area contributed by atoms with Crippen LogP contribution in [0.25, 0.3) is 0 Å². The highest BCUT2D eigenvalue weighted by Crippen LogP contribution is 2.13. The third-order valence-electron chi connectivity index (χ3n) is 2.60. The molecular weight excluding hydrogens is 174 g/mol. The summed E-state index contributed by atoms with van der Waals surface area (Å²) < 4.78 is 0. The molecule has 0 aromatic carbocycles. The summed E-state index contributed by atoms with van der Waals surface area (Å²) >= 11 is 0. The molecule has 2 heteroatoms. The zero-order valence-electron chi connectivity index (χ0n) is 10.4. The van der Waals surface area contributed by atoms with Crippen molar-refractivity contribution >= 4 is 5.78 Å². The number of ketones is 1. The molecule has 0 amide bonds. The van der Waals surface area contributed by atoms with E-state index in [1.54, 1.807) is 0 Å². The highest BCUT2D eigenvalue weighted by atomic mass is 16.1. The Kier molecular flexibility index (Phi) is 6.01. The SMILES string of the molecule is CC[C@H](C)[C@H](NC(C)C)C(=O)C(C)C. The van der Waals surface area contributed by atoms with Gasteiger partial charge in [0.25, 0.3) is 0 Å². The molecule has 2 nitrogen and oxygen atoms in total. The second-order valence-electron chi connectivity index (χ2n) is 4.74. The number of rotatable bonds is 6. The maximum Gasteiger partial charge on any atom is 0.152 e. The summed E-state index contributed by atoms with van der Waals surface area (Å²) in [6.07, 6.45) is 1.04. The van der Waals surface area contributed by atoms with E-state index in [2.05, 4.69) is 33.0 Å². The van der Waals surface area contributed by atoms with Crippen molar-refractivity contribution in [2.24, 2.45) is 11.8 Å². The minimum absolute atomic E-state index is 0.0278. The topological polar surface area (TPSA) is 29.1 Å². The number of hydrogen-bond acceptors (Lipinski definition) is 2. The number of hydrogen-bond donors (Lipinski definition) is 1. The normalized spacial score (nSPS) is 16.0. The largest absolute Gasteiger partial charge is 0.305 e. The predicted octanol–water partition coefficient (Wildman–Crippen LogP) is 2.62. The van der Waals surface area contributed by atoms with Gasteiger partial charge in [-0.25, -0.2) is 0 Å². The fourth-order valence-corrected chi connectivity index (χ4v) is 1.48. The van der Waals surface area contributed by atoms with E-state index >= 15 is 0 Å². The van der Waals surface area contributed by atoms with Crippen LogP contribution in [0.1, 0.15) is 48.0 Å². The monoisotopic (exact) mass is 199 g/mol. The smallest absolute Gasteiger partial charge is 0.152 e. The number of Topliss-reactive ketones (excluding diaryl/α,β-unsaturated/α-hetero) is 1. The van der Waals surface area contributed by atoms with E-state index in [1.807, 2.05) is 13.8 Å². The lowest BCUT2D eigenvalue weighted by Gasteiger charge is -2.26. The molecular formula is C12H25NO. The maximum atomic E-state index is 11.9. The molecule has 14 heavy (non-hydrogen) atoms. The van der Waals surface area contributed by atoms with Crippen molar-refractivity contribution in [3.05, 3.63) is 0 Å². The number of carbonyl (C=O) groups excluding carboxylic acids is 1. The van der Waals surface area contributed by atoms with Gasteiger partial charge in [-0.05, 0) is 5.92 Å². The van der Waals surface area contributed by atoms with Crippen molar-refractivity contribution in [3.8, 4) is 0 Å². The minimum atomic E-state index is 0.0278. The molecule has 0 saturated heterocycles. The molecule has 0 saturated carbocycles. The van der Waals surface area contributed by atoms with Gasteiger partial charge in [0.15, 0.2) is 5.78 Å². The summed E-state index contributed by atoms with van der Waals surface area (Å²) in [5.74, 6) is 0.889. The van der Waals surface area contributed by atoms with Gasteiger partial charge in [-0.2, -0.15) is 0 Å². The minimum Gasteiger partial charge on any atom is -0.305 e. The van der Waals surface area contributed by atoms with Gasteiger partial charge < -0.3 is 5.32 Å². The third kappa shape index (κ3) is 4.23. The van der Waals surface area contributed by atoms with Crippen molar-refractivity contribution < 1.29 is 4.79 Å². The Balaban J connectivity index is 4.46. The van der Waals surface area contributed by atoms with Crippen LogP contribution < -0.4 is 5.32 Å². The van der Waals surface area contributed by atoms with Gasteiger partial charge in [0.05, 0.1) is 6.04 Å². The molecule has 84 valence electrons. The summed E-state index contributed by atoms with van der Waals surface area (Å²) in [4.78, 5) is 11.9. The van der Waals surface area contributed by atoms with E-state index in [-0.39, 0.29) is 12.0 Å². The first kappa shape index (κ1) is 13.6. The van der Waals surface area contributed by atoms with Crippen molar-refractivity contribution in [1.29, 1.82) is 0 Å². The Morgan fingerprint density at radius 3 is 1.93 bits per heavy atom. The van der Waals surface area contributed by atoms with Crippen LogP contribution in [0.5, 0.6) is 0 Å². The van der Waals surface area contributed by atoms with Gasteiger partial charge in [-0.15, -0.1) is 0 Å². The van der Waals surface area contributed by atoms with Gasteiger partial charge in [0.2, 0.25) is 0 Å². The van der Waals surface area contributed by atoms with E-state index in [4.69, 9.17) is 0 Å². The van der Waals surface area contributed by atoms with Crippen molar-refractivity contribution in [3.63, 3.8) is 0 Å². The quantitative estimate of drug-likeness (QED) is 0.712. The maximum absolute atomic E-state index is 11.9. The van der Waals surface area contributed by atoms with Gasteiger partial charge in [0.1, 0.15) is 0 Å². The highest BCUT2D eigenvalue weighted by molar-refractivity contribution is 5.86. The first-order chi connectivity index (χ1) is 6.40. The van der Waals surface area contributed by atoms with Crippen LogP contribution >= 0.6 is 0 Å². The summed E-state index contributed by atoms with van der Waals surface area (Å²) in [5.41, 5.74) is 0. The Bertz CT molecular complexity index is 175. The summed E-state index contributed by atoms with van der Waals surface area (Å²) in [5, 5.41) is 3.36. The van der Waals surface area contributed by atoms with Crippen LogP contribution in [0.2, 0.25) is 0 Å². The van der Waals surface area contributed by atoms with Crippen molar-refractivity contribution in [1.82, 2.24) is 5.32 Å². The lowest BCUT2D eigenvalue weighted by molar-refractivity contribution is -0.125. The Morgan fingerprint density at radius 2 is 1.64 bits per heavy atom. The Morgan fingerprint density at radius 1 is 1.14 bits per heavy atom. The molecule has 0 aromatic rings. The van der Waals surface area contributed by atoms with Gasteiger partial charge in [-0.1, -0.05) is 48.0 Å². The molecule has 0 aliphatic heterocycles. The van der Waals surface area contributed by atoms with Crippen LogP contribution in [0.15, 0.2) is 0 Å². The average Bonchev–Trinajstić information content (AvgIpc) is 2.11. The lowest BCUT2D eigenvalue weighted by atomic mass is 9.90. The second-order valence-corrected chi connectivity index (χ2v) is 4.74. The van der Waals surface area contributed by atoms with Crippen LogP contribution in [-0.4, -0.2) is 17.9 Å². The summed E-state index contributed by atoms with van der Waals surface area (Å²) in [7, 11) is 0. The molecule has 0 aromatic heterocycles. The molecule has 0 aliphatic rings. The molecule has 0 fully saturated rings. The molecule has 0 rings (SSSR count). The van der Waals surface area contributed by atoms with E-state index in [1.165, 1.54) is 0 Å². The third-order valence-corrected chi connectivity index (χ3v) is 2.60. The molecule has 2 atom stereocenters. The Labute approximate surface area is 88.5 Å². The molecule has 0 bridgehead atoms. The Hall–Kier alpha value is -0.370. The zero-order valence-corrected chi connectivity index (χ0v) is 10.4. The molecule has 0 heterocycles. The van der Waals surface area contributed by atoms with Crippen molar-refractivity contribution in [2.45, 2.75) is 60.0 Å². The number of carbonyl (C=O) groups is 1. The van der Waals surface area contributed by atoms with Crippen LogP contribution in [0.4, 0.5) is 0 Å². The summed E-state index contributed by atoms with van der Waals surface area (Å²) in [6, 6.07) is 0.400. The lowest BCUT2D eigenvalue weighted by Crippen LogP contribution is -2.46. The standard InChI is InChI=1S/C12H25NO/c1-7-10(6)11(13-9(4)5)12(14)8(2)3/h8-11,13H,7H2,1-6H3/t10-,11-/m0/s1. The van der Waals surface area contributed by atoms with Crippen LogP contribution in [-0.2, 0) is 4.79 Å². The van der Waals surface area contributed by atoms with Crippen molar-refractivity contribution in [2.75, 3.05) is 0 Å². The molecule has 1 N–H and O–H groups in total. The fourth-order valence-electron chi connectivity index (χ4n) is 1.48. The molecule has 0 radical (unpaired) electrons. The average molecular weight is 199 g/mol. The first-order valence-electron chi connectivity index (χ1n) is 5.69. The molecule has 0 spiro atoms. The van der Waals surface area contributed by atoms with Gasteiger partial charge in [-0.3, -0.25) is 4.79 Å². The summed E-state index contributed by atoms with van der Waals surface area (Å²) in [6.45, 7) is 12.4. The van der Waals surface area contributed by atoms with E-state index in [0.717, 1.165) is 6.42 Å². The van der Waals surface area contributed by atoms with Crippen LogP contribution in [0.3, 0.4) is 0 Å². The second kappa shape index (κ2) is 6.18. The van der Waals surface area contributed by atoms with Crippen LogP contribution in [0, 0.1) is 11.8 Å². The van der Waals surface area contributed by atoms with E-state index in [9.17, 15) is 4.79 Å². The predicted molar refractivity (Wildman–Crippen MR) is 61.4 cm³/mol. The fraction of sp³-hybridized carbons (Fsp3) is 0.917. The van der Waals surface area contributed by atoms with E-state index < -0.39 is 0 Å². The number of nitrogens with one attached hydrogen (secondary N) is 1. The zero-order chi connectivity index (χ0) is 11.3. The first-order valence-corrected chi connectivity index (χ1v) is 5.69.